The summed E-state index contributed by atoms with van der Waals surface area (Å²) in [4.78, 5) is 16.6. The van der Waals surface area contributed by atoms with Crippen molar-refractivity contribution in [3.63, 3.8) is 0 Å². The zero-order chi connectivity index (χ0) is 18.1. The highest BCUT2D eigenvalue weighted by Gasteiger charge is 2.15. The molecule has 0 aliphatic heterocycles. The second-order valence-corrected chi connectivity index (χ2v) is 5.75. The molecule has 130 valence electrons. The minimum Gasteiger partial charge on any atom is -0.461 e. The van der Waals surface area contributed by atoms with E-state index in [0.29, 0.717) is 23.0 Å². The molecule has 0 aliphatic rings. The van der Waals surface area contributed by atoms with Gasteiger partial charge in [0.15, 0.2) is 17.3 Å². The molecule has 8 heteroatoms. The van der Waals surface area contributed by atoms with Crippen molar-refractivity contribution in [2.45, 2.75) is 13.8 Å². The van der Waals surface area contributed by atoms with E-state index in [4.69, 9.17) is 8.94 Å². The van der Waals surface area contributed by atoms with Crippen LogP contribution >= 0.6 is 0 Å². The summed E-state index contributed by atoms with van der Waals surface area (Å²) in [5, 5.41) is 10.9. The van der Waals surface area contributed by atoms with E-state index in [1.807, 2.05) is 19.9 Å². The maximum atomic E-state index is 12.3. The lowest BCUT2D eigenvalue weighted by Crippen LogP contribution is -2.12. The molecular weight excluding hydrogens is 334 g/mol. The third kappa shape index (κ3) is 3.00. The van der Waals surface area contributed by atoms with Crippen molar-refractivity contribution in [3.05, 3.63) is 65.9 Å². The van der Waals surface area contributed by atoms with Crippen LogP contribution in [0.15, 0.2) is 57.8 Å². The Labute approximate surface area is 148 Å². The molecule has 4 rings (SSSR count). The molecule has 0 radical (unpaired) electrons. The number of carbonyl (C=O) groups is 1. The van der Waals surface area contributed by atoms with Gasteiger partial charge in [-0.2, -0.15) is 5.10 Å². The van der Waals surface area contributed by atoms with Crippen LogP contribution in [-0.2, 0) is 0 Å². The zero-order valence-electron chi connectivity index (χ0n) is 14.1. The maximum absolute atomic E-state index is 12.3. The highest BCUT2D eigenvalue weighted by molar-refractivity contribution is 6.03. The minimum atomic E-state index is -0.396. The summed E-state index contributed by atoms with van der Waals surface area (Å²) < 4.78 is 12.1. The van der Waals surface area contributed by atoms with Crippen LogP contribution in [0.5, 0.6) is 0 Å². The average molecular weight is 349 g/mol. The van der Waals surface area contributed by atoms with Gasteiger partial charge in [-0.05, 0) is 44.2 Å². The normalized spacial score (nSPS) is 10.8. The van der Waals surface area contributed by atoms with Gasteiger partial charge in [0.2, 0.25) is 5.76 Å². The van der Waals surface area contributed by atoms with E-state index in [1.165, 1.54) is 12.3 Å². The summed E-state index contributed by atoms with van der Waals surface area (Å²) in [6.45, 7) is 3.88. The number of nitrogens with one attached hydrogen (secondary N) is 1. The van der Waals surface area contributed by atoms with E-state index in [-0.39, 0.29) is 5.69 Å². The molecule has 0 fully saturated rings. The number of anilines is 1. The van der Waals surface area contributed by atoms with E-state index in [9.17, 15) is 4.79 Å². The first kappa shape index (κ1) is 15.8. The maximum Gasteiger partial charge on any atom is 0.277 e. The Bertz CT molecular complexity index is 1050. The molecule has 0 saturated carbocycles. The van der Waals surface area contributed by atoms with Crippen molar-refractivity contribution < 1.29 is 13.7 Å². The number of amides is 1. The van der Waals surface area contributed by atoms with Crippen LogP contribution in [0.1, 0.15) is 21.9 Å². The molecule has 0 unspecified atom stereocenters. The van der Waals surface area contributed by atoms with Gasteiger partial charge in [-0.25, -0.2) is 9.67 Å². The fourth-order valence-electron chi connectivity index (χ4n) is 2.56. The van der Waals surface area contributed by atoms with Gasteiger partial charge in [-0.3, -0.25) is 4.79 Å². The molecule has 0 aliphatic carbocycles. The largest absolute Gasteiger partial charge is 0.461 e. The van der Waals surface area contributed by atoms with Crippen molar-refractivity contribution in [1.29, 1.82) is 0 Å². The molecule has 1 amide bonds. The van der Waals surface area contributed by atoms with Gasteiger partial charge < -0.3 is 14.3 Å². The highest BCUT2D eigenvalue weighted by atomic mass is 16.5. The fourth-order valence-corrected chi connectivity index (χ4v) is 2.56. The van der Waals surface area contributed by atoms with Crippen molar-refractivity contribution in [2.24, 2.45) is 0 Å². The third-order valence-corrected chi connectivity index (χ3v) is 3.74. The van der Waals surface area contributed by atoms with Crippen LogP contribution in [0.2, 0.25) is 0 Å². The number of hydrogen-bond donors (Lipinski definition) is 1. The monoisotopic (exact) mass is 349 g/mol. The lowest BCUT2D eigenvalue weighted by Gasteiger charge is -2.05. The molecule has 4 aromatic rings. The van der Waals surface area contributed by atoms with Gasteiger partial charge in [0.05, 0.1) is 23.8 Å². The Kier molecular flexibility index (Phi) is 3.85. The van der Waals surface area contributed by atoms with Gasteiger partial charge in [0, 0.05) is 11.8 Å². The van der Waals surface area contributed by atoms with Crippen LogP contribution in [0.4, 0.5) is 5.69 Å². The minimum absolute atomic E-state index is 0.152. The molecular formula is C18H15N5O3. The summed E-state index contributed by atoms with van der Waals surface area (Å²) in [5.41, 5.74) is 2.60. The van der Waals surface area contributed by atoms with E-state index in [1.54, 1.807) is 35.1 Å². The van der Waals surface area contributed by atoms with Gasteiger partial charge in [0.25, 0.3) is 5.91 Å². The lowest BCUT2D eigenvalue weighted by molar-refractivity contribution is 0.101. The van der Waals surface area contributed by atoms with Crippen LogP contribution in [0.25, 0.3) is 17.3 Å². The molecule has 0 saturated heterocycles. The molecule has 4 aromatic heterocycles. The molecule has 0 bridgehead atoms. The van der Waals surface area contributed by atoms with E-state index in [0.717, 1.165) is 11.4 Å². The van der Waals surface area contributed by atoms with Gasteiger partial charge >= 0.3 is 0 Å². The standard InChI is InChI=1S/C18H15N5O3/c1-11-8-12(2)23(21-11)17-6-5-13(10-19-17)20-18(24)14-9-16(26-22-14)15-4-3-7-25-15/h3-10H,1-2H3,(H,20,24). The number of nitrogens with zero attached hydrogens (tertiary/aromatic N) is 4. The van der Waals surface area contributed by atoms with Crippen molar-refractivity contribution in [2.75, 3.05) is 5.32 Å². The molecule has 4 heterocycles. The number of furan rings is 1. The van der Waals surface area contributed by atoms with Gasteiger partial charge in [0.1, 0.15) is 0 Å². The smallest absolute Gasteiger partial charge is 0.277 e. The number of aromatic nitrogens is 4. The Hall–Kier alpha value is -3.68. The summed E-state index contributed by atoms with van der Waals surface area (Å²) in [6, 6.07) is 10.5. The Morgan fingerprint density at radius 3 is 2.69 bits per heavy atom. The lowest BCUT2D eigenvalue weighted by atomic mass is 10.3. The second kappa shape index (κ2) is 6.32. The number of pyridine rings is 1. The summed E-state index contributed by atoms with van der Waals surface area (Å²) >= 11 is 0. The summed E-state index contributed by atoms with van der Waals surface area (Å²) in [7, 11) is 0. The van der Waals surface area contributed by atoms with Crippen LogP contribution in [-0.4, -0.2) is 25.8 Å². The van der Waals surface area contributed by atoms with Crippen molar-refractivity contribution >= 4 is 11.6 Å². The number of carbonyl (C=O) groups excluding carboxylic acids is 1. The summed E-state index contributed by atoms with van der Waals surface area (Å²) in [6.07, 6.45) is 3.09. The fraction of sp³-hybridized carbons (Fsp3) is 0.111. The van der Waals surface area contributed by atoms with Crippen LogP contribution in [0, 0.1) is 13.8 Å². The first-order valence-corrected chi connectivity index (χ1v) is 7.92. The third-order valence-electron chi connectivity index (χ3n) is 3.74. The first-order valence-electron chi connectivity index (χ1n) is 7.92. The molecule has 1 N–H and O–H groups in total. The van der Waals surface area contributed by atoms with Gasteiger partial charge in [-0.15, -0.1) is 0 Å². The number of rotatable bonds is 4. The predicted octanol–water partition coefficient (Wildman–Crippen LogP) is 3.38. The van der Waals surface area contributed by atoms with Crippen LogP contribution < -0.4 is 5.32 Å². The molecule has 26 heavy (non-hydrogen) atoms. The highest BCUT2D eigenvalue weighted by Crippen LogP contribution is 2.21. The van der Waals surface area contributed by atoms with Gasteiger partial charge in [-0.1, -0.05) is 5.16 Å². The van der Waals surface area contributed by atoms with E-state index in [2.05, 4.69) is 20.6 Å². The van der Waals surface area contributed by atoms with E-state index < -0.39 is 5.91 Å². The molecule has 8 nitrogen and oxygen atoms in total. The van der Waals surface area contributed by atoms with Crippen molar-refractivity contribution in [1.82, 2.24) is 19.9 Å². The Morgan fingerprint density at radius 2 is 2.04 bits per heavy atom. The average Bonchev–Trinajstić information content (AvgIpc) is 3.35. The number of aryl methyl sites for hydroxylation is 2. The second-order valence-electron chi connectivity index (χ2n) is 5.75. The van der Waals surface area contributed by atoms with Crippen LogP contribution in [0.3, 0.4) is 0 Å². The quantitative estimate of drug-likeness (QED) is 0.606. The topological polar surface area (TPSA) is 99.0 Å². The SMILES string of the molecule is Cc1cc(C)n(-c2ccc(NC(=O)c3cc(-c4ccco4)on3)cn2)n1. The summed E-state index contributed by atoms with van der Waals surface area (Å²) in [5.74, 6) is 1.17. The molecule has 0 atom stereocenters. The predicted molar refractivity (Wildman–Crippen MR) is 93.0 cm³/mol. The Morgan fingerprint density at radius 1 is 1.15 bits per heavy atom. The number of hydrogen-bond acceptors (Lipinski definition) is 6. The van der Waals surface area contributed by atoms with E-state index >= 15 is 0 Å². The zero-order valence-corrected chi connectivity index (χ0v) is 14.1. The molecule has 0 aromatic carbocycles. The molecule has 0 spiro atoms. The Balaban J connectivity index is 1.49. The first-order chi connectivity index (χ1) is 12.6. The van der Waals surface area contributed by atoms with Crippen molar-refractivity contribution in [3.8, 4) is 17.3 Å².